The van der Waals surface area contributed by atoms with Gasteiger partial charge in [0.2, 0.25) is 5.91 Å². The van der Waals surface area contributed by atoms with Gasteiger partial charge >= 0.3 is 0 Å². The van der Waals surface area contributed by atoms with Crippen LogP contribution in [0.2, 0.25) is 0 Å². The topological polar surface area (TPSA) is 67.8 Å². The maximum atomic E-state index is 13.0. The van der Waals surface area contributed by atoms with Crippen LogP contribution in [0, 0.1) is 6.92 Å². The molecule has 2 unspecified atom stereocenters. The Hall–Kier alpha value is -1.70. The maximum Gasteiger partial charge on any atom is 0.245 e. The molecule has 0 aromatic heterocycles. The molecule has 7 heteroatoms. The van der Waals surface area contributed by atoms with Gasteiger partial charge in [-0.15, -0.1) is 0 Å². The van der Waals surface area contributed by atoms with Crippen molar-refractivity contribution < 1.29 is 9.90 Å². The number of nitrogens with one attached hydrogen (secondary N) is 2. The molecular formula is C20H30N4O2S. The highest BCUT2D eigenvalue weighted by Gasteiger charge is 2.30. The fraction of sp³-hybridized carbons (Fsp3) is 0.600. The van der Waals surface area contributed by atoms with Crippen molar-refractivity contribution in [3.8, 4) is 0 Å². The van der Waals surface area contributed by atoms with E-state index < -0.39 is 6.23 Å². The van der Waals surface area contributed by atoms with Gasteiger partial charge in [0.1, 0.15) is 12.3 Å². The molecule has 6 nitrogen and oxygen atoms in total. The Morgan fingerprint density at radius 1 is 1.26 bits per heavy atom. The Kier molecular flexibility index (Phi) is 7.04. The number of carbonyl (C=O) groups excluding carboxylic acids is 1. The number of anilines is 1. The molecule has 2 saturated heterocycles. The lowest BCUT2D eigenvalue weighted by molar-refractivity contribution is -0.135. The number of aliphatic hydroxyl groups excluding tert-OH is 1. The Morgan fingerprint density at radius 2 is 2.00 bits per heavy atom. The number of carbonyl (C=O) groups is 1. The molecule has 3 rings (SSSR count). The molecule has 2 aliphatic heterocycles. The largest absolute Gasteiger partial charge is 0.376 e. The first-order chi connectivity index (χ1) is 13.0. The summed E-state index contributed by atoms with van der Waals surface area (Å²) in [6, 6.07) is 7.62. The second kappa shape index (κ2) is 9.48. The minimum atomic E-state index is -0.576. The van der Waals surface area contributed by atoms with Gasteiger partial charge < -0.3 is 20.6 Å². The van der Waals surface area contributed by atoms with Crippen LogP contribution in [0.4, 0.5) is 5.69 Å². The van der Waals surface area contributed by atoms with Crippen LogP contribution in [0.5, 0.6) is 0 Å². The average Bonchev–Trinajstić information content (AvgIpc) is 3.12. The fourth-order valence-corrected chi connectivity index (χ4v) is 4.08. The van der Waals surface area contributed by atoms with Crippen molar-refractivity contribution in [3.05, 3.63) is 29.8 Å². The van der Waals surface area contributed by atoms with Crippen LogP contribution >= 0.6 is 12.2 Å². The van der Waals surface area contributed by atoms with Gasteiger partial charge in [-0.1, -0.05) is 12.1 Å². The summed E-state index contributed by atoms with van der Waals surface area (Å²) >= 11 is 5.42. The van der Waals surface area contributed by atoms with E-state index in [0.717, 1.165) is 56.4 Å². The molecule has 3 N–H and O–H groups in total. The predicted molar refractivity (Wildman–Crippen MR) is 112 cm³/mol. The SMILES string of the molecule is Cc1cccc(NC(=S)NC2CCCCN(CC(O)N3CCCC3)C2=O)c1. The van der Waals surface area contributed by atoms with Crippen LogP contribution in [0.15, 0.2) is 24.3 Å². The number of thiocarbonyl (C=S) groups is 1. The number of β-amino-alcohol motifs (C(OH)–C–C–N with tert-alkyl or cyclic N) is 1. The Balaban J connectivity index is 1.57. The van der Waals surface area contributed by atoms with Gasteiger partial charge in [0.25, 0.3) is 0 Å². The van der Waals surface area contributed by atoms with Crippen molar-refractivity contribution in [2.24, 2.45) is 0 Å². The van der Waals surface area contributed by atoms with Crippen LogP contribution in [-0.2, 0) is 4.79 Å². The van der Waals surface area contributed by atoms with E-state index in [9.17, 15) is 9.90 Å². The van der Waals surface area contributed by atoms with E-state index in [0.29, 0.717) is 18.2 Å². The van der Waals surface area contributed by atoms with Gasteiger partial charge in [-0.2, -0.15) is 0 Å². The smallest absolute Gasteiger partial charge is 0.245 e. The van der Waals surface area contributed by atoms with E-state index in [-0.39, 0.29) is 11.9 Å². The fourth-order valence-electron chi connectivity index (χ4n) is 3.82. The number of rotatable bonds is 5. The molecule has 0 aliphatic carbocycles. The zero-order chi connectivity index (χ0) is 19.2. The van der Waals surface area contributed by atoms with Gasteiger partial charge in [-0.3, -0.25) is 9.69 Å². The number of amides is 1. The molecule has 1 amide bonds. The van der Waals surface area contributed by atoms with Crippen molar-refractivity contribution >= 4 is 28.9 Å². The monoisotopic (exact) mass is 390 g/mol. The third kappa shape index (κ3) is 5.64. The van der Waals surface area contributed by atoms with Gasteiger partial charge in [0, 0.05) is 25.3 Å². The molecule has 2 fully saturated rings. The standard InChI is InChI=1S/C20H30N4O2S/c1-15-7-6-8-16(13-15)21-20(27)22-17-9-2-3-12-24(19(17)26)14-18(25)23-10-4-5-11-23/h6-8,13,17-18,25H,2-5,9-12,14H2,1H3,(H2,21,22,27). The number of hydrogen-bond donors (Lipinski definition) is 3. The molecule has 1 aromatic carbocycles. The minimum absolute atomic E-state index is 0.0270. The molecular weight excluding hydrogens is 360 g/mol. The molecule has 0 bridgehead atoms. The summed E-state index contributed by atoms with van der Waals surface area (Å²) in [5.74, 6) is 0.0270. The van der Waals surface area contributed by atoms with Gasteiger partial charge in [0.15, 0.2) is 5.11 Å². The number of aliphatic hydroxyl groups is 1. The minimum Gasteiger partial charge on any atom is -0.376 e. The first kappa shape index (κ1) is 20.0. The summed E-state index contributed by atoms with van der Waals surface area (Å²) < 4.78 is 0. The van der Waals surface area contributed by atoms with Crippen molar-refractivity contribution in [1.29, 1.82) is 0 Å². The maximum absolute atomic E-state index is 13.0. The van der Waals surface area contributed by atoms with Gasteiger partial charge in [-0.25, -0.2) is 0 Å². The van der Waals surface area contributed by atoms with Crippen molar-refractivity contribution in [1.82, 2.24) is 15.1 Å². The molecule has 2 atom stereocenters. The highest BCUT2D eigenvalue weighted by molar-refractivity contribution is 7.80. The molecule has 2 aliphatic rings. The van der Waals surface area contributed by atoms with E-state index in [2.05, 4.69) is 15.5 Å². The number of likely N-dealkylation sites (tertiary alicyclic amines) is 2. The highest BCUT2D eigenvalue weighted by atomic mass is 32.1. The van der Waals surface area contributed by atoms with E-state index in [4.69, 9.17) is 12.2 Å². The molecule has 27 heavy (non-hydrogen) atoms. The molecule has 1 aromatic rings. The van der Waals surface area contributed by atoms with Crippen LogP contribution in [0.3, 0.4) is 0 Å². The summed E-state index contributed by atoms with van der Waals surface area (Å²) in [6.45, 7) is 4.92. The molecule has 2 heterocycles. The van der Waals surface area contributed by atoms with Gasteiger partial charge in [0.05, 0.1) is 6.54 Å². The summed E-state index contributed by atoms with van der Waals surface area (Å²) in [4.78, 5) is 16.8. The van der Waals surface area contributed by atoms with E-state index in [1.54, 1.807) is 4.90 Å². The zero-order valence-electron chi connectivity index (χ0n) is 16.0. The quantitative estimate of drug-likeness (QED) is 0.669. The zero-order valence-corrected chi connectivity index (χ0v) is 16.8. The number of nitrogens with zero attached hydrogens (tertiary/aromatic N) is 2. The van der Waals surface area contributed by atoms with Crippen molar-refractivity contribution in [3.63, 3.8) is 0 Å². The lowest BCUT2D eigenvalue weighted by Crippen LogP contribution is -2.52. The summed E-state index contributed by atoms with van der Waals surface area (Å²) in [5.41, 5.74) is 2.06. The van der Waals surface area contributed by atoms with Crippen LogP contribution in [0.25, 0.3) is 0 Å². The third-order valence-electron chi connectivity index (χ3n) is 5.31. The first-order valence-corrected chi connectivity index (χ1v) is 10.3. The second-order valence-electron chi connectivity index (χ2n) is 7.52. The normalized spacial score (nSPS) is 22.4. The Bertz CT molecular complexity index is 663. The Morgan fingerprint density at radius 3 is 2.74 bits per heavy atom. The van der Waals surface area contributed by atoms with Crippen molar-refractivity contribution in [2.45, 2.75) is 51.3 Å². The first-order valence-electron chi connectivity index (χ1n) is 9.88. The van der Waals surface area contributed by atoms with E-state index >= 15 is 0 Å². The summed E-state index contributed by atoms with van der Waals surface area (Å²) in [6.07, 6.45) is 4.33. The average molecular weight is 391 g/mol. The van der Waals surface area contributed by atoms with Crippen LogP contribution in [-0.4, -0.2) is 64.4 Å². The van der Waals surface area contributed by atoms with E-state index in [1.165, 1.54) is 0 Å². The van der Waals surface area contributed by atoms with E-state index in [1.807, 2.05) is 31.2 Å². The second-order valence-corrected chi connectivity index (χ2v) is 7.93. The third-order valence-corrected chi connectivity index (χ3v) is 5.53. The van der Waals surface area contributed by atoms with Crippen LogP contribution in [0.1, 0.15) is 37.7 Å². The molecule has 0 radical (unpaired) electrons. The predicted octanol–water partition coefficient (Wildman–Crippen LogP) is 2.08. The number of hydrogen-bond acceptors (Lipinski definition) is 4. The highest BCUT2D eigenvalue weighted by Crippen LogP contribution is 2.16. The summed E-state index contributed by atoms with van der Waals surface area (Å²) in [7, 11) is 0. The lowest BCUT2D eigenvalue weighted by atomic mass is 10.1. The number of benzene rings is 1. The molecule has 0 spiro atoms. The Labute approximate surface area is 166 Å². The van der Waals surface area contributed by atoms with Crippen LogP contribution < -0.4 is 10.6 Å². The number of aryl methyl sites for hydroxylation is 1. The van der Waals surface area contributed by atoms with Gasteiger partial charge in [-0.05, 0) is 68.9 Å². The molecule has 0 saturated carbocycles. The molecule has 148 valence electrons. The lowest BCUT2D eigenvalue weighted by Gasteiger charge is -2.31. The summed E-state index contributed by atoms with van der Waals surface area (Å²) in [5, 5.41) is 17.3. The van der Waals surface area contributed by atoms with Crippen molar-refractivity contribution in [2.75, 3.05) is 31.5 Å².